The zero-order valence-corrected chi connectivity index (χ0v) is 10.7. The minimum absolute atomic E-state index is 0.0411. The summed E-state index contributed by atoms with van der Waals surface area (Å²) in [5.74, 6) is -0.220. The van der Waals surface area contributed by atoms with Crippen molar-refractivity contribution in [3.05, 3.63) is 0 Å². The second kappa shape index (κ2) is 5.46. The number of carbonyl (C=O) groups is 2. The fraction of sp³-hybridized carbons (Fsp3) is 0.818. The van der Waals surface area contributed by atoms with Crippen LogP contribution < -0.4 is 5.73 Å². The first kappa shape index (κ1) is 13.9. The maximum Gasteiger partial charge on any atom is 0.416 e. The largest absolute Gasteiger partial charge is 0.447 e. The number of ether oxygens (including phenoxy) is 1. The zero-order chi connectivity index (χ0) is 13.1. The van der Waals surface area contributed by atoms with Gasteiger partial charge in [0, 0.05) is 6.54 Å². The van der Waals surface area contributed by atoms with Crippen molar-refractivity contribution >= 4 is 12.0 Å². The van der Waals surface area contributed by atoms with Gasteiger partial charge in [0.2, 0.25) is 5.91 Å². The average molecular weight is 243 g/mol. The Bertz CT molecular complexity index is 304. The van der Waals surface area contributed by atoms with Crippen LogP contribution in [0.15, 0.2) is 0 Å². The molecule has 0 bridgehead atoms. The number of carbonyl (C=O) groups excluding carboxylic acids is 2. The summed E-state index contributed by atoms with van der Waals surface area (Å²) in [5.41, 5.74) is 5.59. The fourth-order valence-electron chi connectivity index (χ4n) is 1.79. The normalized spacial score (nSPS) is 16.5. The highest BCUT2D eigenvalue weighted by Crippen LogP contribution is 2.14. The Morgan fingerprint density at radius 1 is 1.59 bits per heavy atom. The van der Waals surface area contributed by atoms with Gasteiger partial charge in [0.15, 0.2) is 0 Å². The first-order valence-corrected chi connectivity index (χ1v) is 5.71. The number of nitrogens with two attached hydrogens (primary N) is 1. The third kappa shape index (κ3) is 3.98. The summed E-state index contributed by atoms with van der Waals surface area (Å²) in [6.07, 6.45) is -0.540. The van der Waals surface area contributed by atoms with Gasteiger partial charge in [0.05, 0.1) is 13.1 Å². The number of hydrogen-bond acceptors (Lipinski definition) is 5. The molecule has 0 aromatic rings. The predicted molar refractivity (Wildman–Crippen MR) is 63.4 cm³/mol. The van der Waals surface area contributed by atoms with Crippen molar-refractivity contribution in [1.29, 1.82) is 0 Å². The molecule has 0 aromatic carbocycles. The lowest BCUT2D eigenvalue weighted by Gasteiger charge is -2.29. The number of likely N-dealkylation sites (N-methyl/N-ethyl adjacent to an activating group) is 1. The van der Waals surface area contributed by atoms with Gasteiger partial charge < -0.3 is 10.5 Å². The molecule has 0 saturated carbocycles. The lowest BCUT2D eigenvalue weighted by Crippen LogP contribution is -2.43. The van der Waals surface area contributed by atoms with Gasteiger partial charge in [-0.15, -0.1) is 0 Å². The quantitative estimate of drug-likeness (QED) is 0.728. The molecule has 1 fully saturated rings. The van der Waals surface area contributed by atoms with E-state index in [2.05, 4.69) is 0 Å². The maximum absolute atomic E-state index is 11.8. The Labute approximate surface area is 102 Å². The van der Waals surface area contributed by atoms with E-state index in [9.17, 15) is 9.59 Å². The van der Waals surface area contributed by atoms with Gasteiger partial charge in [-0.05, 0) is 19.0 Å². The Kier molecular flexibility index (Phi) is 4.47. The number of rotatable bonds is 5. The summed E-state index contributed by atoms with van der Waals surface area (Å²) in [5, 5.41) is 0. The molecule has 0 unspecified atom stereocenters. The van der Waals surface area contributed by atoms with Gasteiger partial charge >= 0.3 is 6.09 Å². The van der Waals surface area contributed by atoms with Crippen molar-refractivity contribution in [3.63, 3.8) is 0 Å². The third-order valence-electron chi connectivity index (χ3n) is 2.72. The van der Waals surface area contributed by atoms with Gasteiger partial charge in [0.1, 0.15) is 6.61 Å². The first-order chi connectivity index (χ1) is 7.85. The molecule has 2 amide bonds. The standard InChI is InChI=1S/C11H21N3O3/c1-11(2,7-12)8-13(3)6-9(15)14-4-5-17-10(14)16/h4-8,12H2,1-3H3. The molecule has 6 heteroatoms. The molecule has 0 aromatic heterocycles. The van der Waals surface area contributed by atoms with Crippen molar-refractivity contribution in [2.75, 3.05) is 39.8 Å². The summed E-state index contributed by atoms with van der Waals surface area (Å²) >= 11 is 0. The molecule has 0 spiro atoms. The lowest BCUT2D eigenvalue weighted by molar-refractivity contribution is -0.128. The number of nitrogens with zero attached hydrogens (tertiary/aromatic N) is 2. The van der Waals surface area contributed by atoms with E-state index >= 15 is 0 Å². The van der Waals surface area contributed by atoms with E-state index in [4.69, 9.17) is 10.5 Å². The van der Waals surface area contributed by atoms with Gasteiger partial charge in [-0.3, -0.25) is 9.69 Å². The lowest BCUT2D eigenvalue weighted by atomic mass is 9.93. The van der Waals surface area contributed by atoms with Crippen molar-refractivity contribution < 1.29 is 14.3 Å². The van der Waals surface area contributed by atoms with Crippen LogP contribution in [0, 0.1) is 5.41 Å². The molecule has 1 aliphatic heterocycles. The van der Waals surface area contributed by atoms with Crippen LogP contribution in [0.25, 0.3) is 0 Å². The highest BCUT2D eigenvalue weighted by molar-refractivity contribution is 5.93. The minimum atomic E-state index is -0.540. The van der Waals surface area contributed by atoms with E-state index in [-0.39, 0.29) is 17.9 Å². The summed E-state index contributed by atoms with van der Waals surface area (Å²) in [6, 6.07) is 0. The molecular weight excluding hydrogens is 222 g/mol. The molecule has 17 heavy (non-hydrogen) atoms. The monoisotopic (exact) mass is 243 g/mol. The predicted octanol–water partition coefficient (Wildman–Crippen LogP) is -0.118. The summed E-state index contributed by atoms with van der Waals surface area (Å²) in [7, 11) is 1.84. The molecule has 1 rings (SSSR count). The van der Waals surface area contributed by atoms with Crippen molar-refractivity contribution in [3.8, 4) is 0 Å². The Morgan fingerprint density at radius 2 is 2.24 bits per heavy atom. The van der Waals surface area contributed by atoms with Crippen LogP contribution in [0.1, 0.15) is 13.8 Å². The Morgan fingerprint density at radius 3 is 2.71 bits per heavy atom. The molecule has 0 aliphatic carbocycles. The highest BCUT2D eigenvalue weighted by atomic mass is 16.6. The second-order valence-corrected chi connectivity index (χ2v) is 5.20. The van der Waals surface area contributed by atoms with Gasteiger partial charge in [-0.1, -0.05) is 13.8 Å². The zero-order valence-electron chi connectivity index (χ0n) is 10.7. The molecule has 6 nitrogen and oxygen atoms in total. The summed E-state index contributed by atoms with van der Waals surface area (Å²) in [6.45, 7) is 6.19. The molecule has 1 heterocycles. The van der Waals surface area contributed by atoms with Crippen LogP contribution in [-0.4, -0.2) is 61.6 Å². The molecule has 1 saturated heterocycles. The summed E-state index contributed by atoms with van der Waals surface area (Å²) < 4.78 is 4.72. The van der Waals surface area contributed by atoms with E-state index in [0.29, 0.717) is 26.2 Å². The van der Waals surface area contributed by atoms with Crippen molar-refractivity contribution in [1.82, 2.24) is 9.80 Å². The van der Waals surface area contributed by atoms with Gasteiger partial charge in [-0.2, -0.15) is 0 Å². The molecule has 0 radical (unpaired) electrons. The minimum Gasteiger partial charge on any atom is -0.447 e. The number of cyclic esters (lactones) is 1. The Hall–Kier alpha value is -1.14. The maximum atomic E-state index is 11.8. The first-order valence-electron chi connectivity index (χ1n) is 5.71. The second-order valence-electron chi connectivity index (χ2n) is 5.20. The van der Waals surface area contributed by atoms with E-state index in [0.717, 1.165) is 4.90 Å². The molecule has 0 atom stereocenters. The van der Waals surface area contributed by atoms with Crippen molar-refractivity contribution in [2.24, 2.45) is 11.1 Å². The van der Waals surface area contributed by atoms with Crippen LogP contribution in [0.3, 0.4) is 0 Å². The van der Waals surface area contributed by atoms with E-state index in [1.807, 2.05) is 25.8 Å². The third-order valence-corrected chi connectivity index (χ3v) is 2.72. The fourth-order valence-corrected chi connectivity index (χ4v) is 1.79. The van der Waals surface area contributed by atoms with E-state index in [1.54, 1.807) is 0 Å². The van der Waals surface area contributed by atoms with Crippen LogP contribution in [0.5, 0.6) is 0 Å². The smallest absolute Gasteiger partial charge is 0.416 e. The van der Waals surface area contributed by atoms with Crippen LogP contribution in [0.2, 0.25) is 0 Å². The molecule has 98 valence electrons. The molecular formula is C11H21N3O3. The van der Waals surface area contributed by atoms with Crippen LogP contribution in [0.4, 0.5) is 4.79 Å². The molecule has 2 N–H and O–H groups in total. The SMILES string of the molecule is CN(CC(=O)N1CCOC1=O)CC(C)(C)CN. The topological polar surface area (TPSA) is 75.9 Å². The molecule has 1 aliphatic rings. The van der Waals surface area contributed by atoms with Crippen LogP contribution in [-0.2, 0) is 9.53 Å². The van der Waals surface area contributed by atoms with Crippen LogP contribution >= 0.6 is 0 Å². The van der Waals surface area contributed by atoms with Gasteiger partial charge in [-0.25, -0.2) is 9.69 Å². The highest BCUT2D eigenvalue weighted by Gasteiger charge is 2.29. The van der Waals surface area contributed by atoms with Gasteiger partial charge in [0.25, 0.3) is 0 Å². The van der Waals surface area contributed by atoms with Crippen molar-refractivity contribution in [2.45, 2.75) is 13.8 Å². The average Bonchev–Trinajstić information content (AvgIpc) is 2.63. The van der Waals surface area contributed by atoms with E-state index < -0.39 is 6.09 Å². The number of imide groups is 1. The number of hydrogen-bond donors (Lipinski definition) is 1. The number of amides is 2. The summed E-state index contributed by atoms with van der Waals surface area (Å²) in [4.78, 5) is 26.0. The van der Waals surface area contributed by atoms with E-state index in [1.165, 1.54) is 0 Å². The Balaban J connectivity index is 2.43.